The highest BCUT2D eigenvalue weighted by Crippen LogP contribution is 2.24. The number of benzene rings is 2. The molecule has 1 aromatic heterocycles. The van der Waals surface area contributed by atoms with Gasteiger partial charge in [0.1, 0.15) is 16.5 Å². The molecule has 150 valence electrons. The normalized spacial score (nSPS) is 14.9. The molecule has 4 rings (SSSR count). The van der Waals surface area contributed by atoms with Gasteiger partial charge in [0.05, 0.1) is 11.9 Å². The van der Waals surface area contributed by atoms with Gasteiger partial charge in [0.25, 0.3) is 5.56 Å². The lowest BCUT2D eigenvalue weighted by molar-refractivity contribution is 0.250. The van der Waals surface area contributed by atoms with Crippen molar-refractivity contribution < 1.29 is 8.78 Å². The van der Waals surface area contributed by atoms with Crippen LogP contribution in [0.25, 0.3) is 5.69 Å². The number of rotatable bonds is 4. The molecule has 5 nitrogen and oxygen atoms in total. The highest BCUT2D eigenvalue weighted by atomic mass is 35.5. The lowest BCUT2D eigenvalue weighted by Crippen LogP contribution is -2.46. The molecular formula is C21H19ClF2N4O. The first-order chi connectivity index (χ1) is 14.0. The molecule has 8 heteroatoms. The summed E-state index contributed by atoms with van der Waals surface area (Å²) in [6.45, 7) is 3.90. The average Bonchev–Trinajstić information content (AvgIpc) is 2.72. The van der Waals surface area contributed by atoms with Crippen LogP contribution >= 0.6 is 11.6 Å². The van der Waals surface area contributed by atoms with Gasteiger partial charge in [-0.05, 0) is 17.7 Å². The smallest absolute Gasteiger partial charge is 0.292 e. The largest absolute Gasteiger partial charge is 0.366 e. The van der Waals surface area contributed by atoms with Crippen molar-refractivity contribution in [2.24, 2.45) is 0 Å². The zero-order chi connectivity index (χ0) is 20.4. The van der Waals surface area contributed by atoms with E-state index >= 15 is 0 Å². The minimum Gasteiger partial charge on any atom is -0.366 e. The zero-order valence-corrected chi connectivity index (χ0v) is 16.3. The van der Waals surface area contributed by atoms with Crippen molar-refractivity contribution in [3.05, 3.63) is 87.3 Å². The maximum absolute atomic E-state index is 14.0. The van der Waals surface area contributed by atoms with Gasteiger partial charge in [-0.1, -0.05) is 41.9 Å². The van der Waals surface area contributed by atoms with E-state index in [1.807, 2.05) is 23.1 Å². The summed E-state index contributed by atoms with van der Waals surface area (Å²) in [5.74, 6) is -1.60. The Bertz CT molecular complexity index is 1070. The Morgan fingerprint density at radius 3 is 2.38 bits per heavy atom. The highest BCUT2D eigenvalue weighted by molar-refractivity contribution is 6.33. The van der Waals surface area contributed by atoms with Crippen molar-refractivity contribution in [2.45, 2.75) is 6.54 Å². The molecule has 1 saturated heterocycles. The number of aromatic nitrogens is 2. The van der Waals surface area contributed by atoms with Gasteiger partial charge < -0.3 is 4.90 Å². The summed E-state index contributed by atoms with van der Waals surface area (Å²) in [5.41, 5.74) is 0.998. The Morgan fingerprint density at radius 2 is 1.69 bits per heavy atom. The molecule has 3 aromatic rings. The average molecular weight is 417 g/mol. The fourth-order valence-electron chi connectivity index (χ4n) is 3.46. The first-order valence-corrected chi connectivity index (χ1v) is 9.65. The molecule has 0 amide bonds. The van der Waals surface area contributed by atoms with Crippen LogP contribution < -0.4 is 10.5 Å². The summed E-state index contributed by atoms with van der Waals surface area (Å²) >= 11 is 6.31. The van der Waals surface area contributed by atoms with Gasteiger partial charge in [0.15, 0.2) is 5.82 Å². The molecular weight excluding hydrogens is 398 g/mol. The lowest BCUT2D eigenvalue weighted by Gasteiger charge is -2.36. The van der Waals surface area contributed by atoms with Crippen LogP contribution in [0, 0.1) is 11.6 Å². The predicted molar refractivity (Wildman–Crippen MR) is 109 cm³/mol. The van der Waals surface area contributed by atoms with E-state index in [4.69, 9.17) is 11.6 Å². The number of nitrogens with zero attached hydrogens (tertiary/aromatic N) is 4. The summed E-state index contributed by atoms with van der Waals surface area (Å²) < 4.78 is 28.0. The number of anilines is 1. The predicted octanol–water partition coefficient (Wildman–Crippen LogP) is 3.49. The van der Waals surface area contributed by atoms with Crippen LogP contribution in [0.15, 0.2) is 59.5 Å². The maximum atomic E-state index is 14.0. The molecule has 0 saturated carbocycles. The van der Waals surface area contributed by atoms with Crippen LogP contribution in [0.4, 0.5) is 14.5 Å². The third-order valence-electron chi connectivity index (χ3n) is 5.00. The molecule has 1 aliphatic rings. The van der Waals surface area contributed by atoms with Gasteiger partial charge in [-0.25, -0.2) is 8.78 Å². The molecule has 0 bridgehead atoms. The Balaban J connectivity index is 1.50. The topological polar surface area (TPSA) is 41.4 Å². The molecule has 2 heterocycles. The van der Waals surface area contributed by atoms with Crippen LogP contribution in [0.5, 0.6) is 0 Å². The van der Waals surface area contributed by atoms with Gasteiger partial charge >= 0.3 is 0 Å². The molecule has 1 aliphatic heterocycles. The van der Waals surface area contributed by atoms with Gasteiger partial charge in [-0.3, -0.25) is 9.69 Å². The SMILES string of the molecule is O=c1c(Cl)c(N2CCN(Cc3ccccc3)CC2)cnn1-c1ccc(F)cc1F. The Kier molecular flexibility index (Phi) is 5.60. The molecule has 0 spiro atoms. The summed E-state index contributed by atoms with van der Waals surface area (Å²) in [4.78, 5) is 17.0. The lowest BCUT2D eigenvalue weighted by atomic mass is 10.2. The second-order valence-corrected chi connectivity index (χ2v) is 7.28. The van der Waals surface area contributed by atoms with Gasteiger partial charge in [0.2, 0.25) is 0 Å². The number of hydrogen-bond donors (Lipinski definition) is 0. The summed E-state index contributed by atoms with van der Waals surface area (Å²) in [6, 6.07) is 13.2. The molecule has 0 N–H and O–H groups in total. The van der Waals surface area contributed by atoms with E-state index in [1.54, 1.807) is 0 Å². The van der Waals surface area contributed by atoms with Crippen LogP contribution in [0.2, 0.25) is 5.02 Å². The van der Waals surface area contributed by atoms with E-state index in [2.05, 4.69) is 22.1 Å². The van der Waals surface area contributed by atoms with E-state index in [0.717, 1.165) is 36.4 Å². The van der Waals surface area contributed by atoms with Crippen molar-refractivity contribution in [3.8, 4) is 5.69 Å². The fourth-order valence-corrected chi connectivity index (χ4v) is 3.71. The number of piperazine rings is 1. The Morgan fingerprint density at radius 1 is 0.966 bits per heavy atom. The minimum atomic E-state index is -0.877. The van der Waals surface area contributed by atoms with Crippen molar-refractivity contribution in [3.63, 3.8) is 0 Å². The zero-order valence-electron chi connectivity index (χ0n) is 15.6. The fraction of sp³-hybridized carbons (Fsp3) is 0.238. The Labute approximate surface area is 171 Å². The van der Waals surface area contributed by atoms with Crippen LogP contribution in [-0.2, 0) is 6.54 Å². The highest BCUT2D eigenvalue weighted by Gasteiger charge is 2.22. The van der Waals surface area contributed by atoms with Crippen molar-refractivity contribution in [2.75, 3.05) is 31.1 Å². The molecule has 0 atom stereocenters. The maximum Gasteiger partial charge on any atom is 0.292 e. The van der Waals surface area contributed by atoms with Gasteiger partial charge in [0, 0.05) is 38.8 Å². The van der Waals surface area contributed by atoms with Gasteiger partial charge in [-0.2, -0.15) is 9.78 Å². The molecule has 1 fully saturated rings. The standard InChI is InChI=1S/C21H19ClF2N4O/c22-20-19(13-25-28(21(20)29)18-7-6-16(23)12-17(18)24)27-10-8-26(9-11-27)14-15-4-2-1-3-5-15/h1-7,12-13H,8-11,14H2. The van der Waals surface area contributed by atoms with Crippen LogP contribution in [0.3, 0.4) is 0 Å². The van der Waals surface area contributed by atoms with Crippen LogP contribution in [0.1, 0.15) is 5.56 Å². The van der Waals surface area contributed by atoms with E-state index in [0.29, 0.717) is 24.8 Å². The first kappa shape index (κ1) is 19.5. The monoisotopic (exact) mass is 416 g/mol. The molecule has 29 heavy (non-hydrogen) atoms. The second kappa shape index (κ2) is 8.31. The van der Waals surface area contributed by atoms with Crippen LogP contribution in [-0.4, -0.2) is 40.9 Å². The minimum absolute atomic E-state index is 0.0276. The summed E-state index contributed by atoms with van der Waals surface area (Å²) in [7, 11) is 0. The van der Waals surface area contributed by atoms with Crippen molar-refractivity contribution >= 4 is 17.3 Å². The molecule has 0 radical (unpaired) electrons. The van der Waals surface area contributed by atoms with Gasteiger partial charge in [-0.15, -0.1) is 0 Å². The van der Waals surface area contributed by atoms with Crippen molar-refractivity contribution in [1.82, 2.24) is 14.7 Å². The first-order valence-electron chi connectivity index (χ1n) is 9.27. The second-order valence-electron chi connectivity index (χ2n) is 6.91. The molecule has 0 aliphatic carbocycles. The molecule has 0 unspecified atom stereocenters. The number of hydrogen-bond acceptors (Lipinski definition) is 4. The summed E-state index contributed by atoms with van der Waals surface area (Å²) in [5, 5.41) is 4.04. The van der Waals surface area contributed by atoms with E-state index < -0.39 is 17.2 Å². The third-order valence-corrected chi connectivity index (χ3v) is 5.36. The van der Waals surface area contributed by atoms with E-state index in [-0.39, 0.29) is 10.7 Å². The van der Waals surface area contributed by atoms with E-state index in [1.165, 1.54) is 11.8 Å². The van der Waals surface area contributed by atoms with Crippen molar-refractivity contribution in [1.29, 1.82) is 0 Å². The quantitative estimate of drug-likeness (QED) is 0.653. The van der Waals surface area contributed by atoms with E-state index in [9.17, 15) is 13.6 Å². The number of halogens is 3. The Hall–Kier alpha value is -2.77. The summed E-state index contributed by atoms with van der Waals surface area (Å²) in [6.07, 6.45) is 1.46. The third kappa shape index (κ3) is 4.16. The molecule has 2 aromatic carbocycles.